The summed E-state index contributed by atoms with van der Waals surface area (Å²) >= 11 is 0. The van der Waals surface area contributed by atoms with E-state index in [-0.39, 0.29) is 8.61 Å². The standard InChI is InChI=1S/C12H10NO2P/c14-16-13(11-7-3-1-4-8-11)15-12-9-5-2-6-10-12/h1-10H. The van der Waals surface area contributed by atoms with E-state index in [0.29, 0.717) is 5.75 Å². The molecule has 0 spiro atoms. The molecule has 4 heteroatoms. The summed E-state index contributed by atoms with van der Waals surface area (Å²) in [5.41, 5.74) is 0.739. The van der Waals surface area contributed by atoms with Gasteiger partial charge in [-0.2, -0.15) is 0 Å². The molecule has 0 fully saturated rings. The Hall–Kier alpha value is -1.86. The number of anilines is 1. The van der Waals surface area contributed by atoms with Crippen molar-refractivity contribution in [1.29, 1.82) is 0 Å². The minimum absolute atomic E-state index is 0.204. The van der Waals surface area contributed by atoms with E-state index in [1.54, 1.807) is 12.1 Å². The molecule has 0 amide bonds. The van der Waals surface area contributed by atoms with Gasteiger partial charge in [0.05, 0.1) is 5.69 Å². The Balaban J connectivity index is 2.16. The van der Waals surface area contributed by atoms with Crippen molar-refractivity contribution in [3.8, 4) is 5.75 Å². The van der Waals surface area contributed by atoms with Gasteiger partial charge in [0.2, 0.25) is 0 Å². The zero-order chi connectivity index (χ0) is 11.2. The molecule has 0 aliphatic rings. The maximum atomic E-state index is 11.0. The summed E-state index contributed by atoms with van der Waals surface area (Å²) in [6.45, 7) is 0. The molecule has 0 aliphatic carbocycles. The van der Waals surface area contributed by atoms with Crippen molar-refractivity contribution in [2.45, 2.75) is 0 Å². The predicted molar refractivity (Wildman–Crippen MR) is 63.6 cm³/mol. The molecule has 0 radical (unpaired) electrons. The fraction of sp³-hybridized carbons (Fsp3) is 0. The van der Waals surface area contributed by atoms with Crippen LogP contribution in [-0.2, 0) is 4.57 Å². The lowest BCUT2D eigenvalue weighted by molar-refractivity contribution is 0.344. The second-order valence-electron chi connectivity index (χ2n) is 3.09. The van der Waals surface area contributed by atoms with Crippen LogP contribution in [0.5, 0.6) is 5.75 Å². The van der Waals surface area contributed by atoms with Crippen LogP contribution >= 0.6 is 8.61 Å². The number of hydrogen-bond acceptors (Lipinski definition) is 2. The van der Waals surface area contributed by atoms with Crippen molar-refractivity contribution in [2.75, 3.05) is 4.83 Å². The topological polar surface area (TPSA) is 29.5 Å². The van der Waals surface area contributed by atoms with E-state index < -0.39 is 0 Å². The fourth-order valence-electron chi connectivity index (χ4n) is 1.25. The molecule has 80 valence electrons. The summed E-state index contributed by atoms with van der Waals surface area (Å²) in [5, 5.41) is 0. The smallest absolute Gasteiger partial charge is 0.318 e. The highest BCUT2D eigenvalue weighted by Crippen LogP contribution is 2.23. The van der Waals surface area contributed by atoms with Gasteiger partial charge in [0, 0.05) is 0 Å². The van der Waals surface area contributed by atoms with Crippen molar-refractivity contribution in [1.82, 2.24) is 0 Å². The minimum atomic E-state index is -0.204. The molecular formula is C12H10NO2P. The molecule has 2 aromatic carbocycles. The van der Waals surface area contributed by atoms with Crippen molar-refractivity contribution >= 4 is 14.3 Å². The Morgan fingerprint density at radius 1 is 0.875 bits per heavy atom. The van der Waals surface area contributed by atoms with Crippen LogP contribution in [0.15, 0.2) is 60.7 Å². The van der Waals surface area contributed by atoms with Gasteiger partial charge < -0.3 is 4.84 Å². The molecule has 2 rings (SSSR count). The van der Waals surface area contributed by atoms with E-state index in [1.807, 2.05) is 48.5 Å². The molecule has 0 aromatic heterocycles. The Labute approximate surface area is 95.5 Å². The van der Waals surface area contributed by atoms with Gasteiger partial charge >= 0.3 is 8.61 Å². The summed E-state index contributed by atoms with van der Waals surface area (Å²) in [6, 6.07) is 18.5. The van der Waals surface area contributed by atoms with Crippen molar-refractivity contribution in [3.63, 3.8) is 0 Å². The number of para-hydroxylation sites is 2. The van der Waals surface area contributed by atoms with Gasteiger partial charge in [-0.05, 0) is 24.3 Å². The highest BCUT2D eigenvalue weighted by Gasteiger charge is 2.07. The predicted octanol–water partition coefficient (Wildman–Crippen LogP) is 3.69. The molecule has 0 heterocycles. The molecule has 0 saturated carbocycles. The Morgan fingerprint density at radius 3 is 2.00 bits per heavy atom. The van der Waals surface area contributed by atoms with Gasteiger partial charge in [-0.25, -0.2) is 4.57 Å². The van der Waals surface area contributed by atoms with Crippen LogP contribution in [0.1, 0.15) is 0 Å². The first-order valence-electron chi connectivity index (χ1n) is 4.81. The third-order valence-corrected chi connectivity index (χ3v) is 2.45. The molecule has 2 aromatic rings. The number of benzene rings is 2. The largest absolute Gasteiger partial charge is 0.369 e. The van der Waals surface area contributed by atoms with Crippen molar-refractivity contribution in [3.05, 3.63) is 60.7 Å². The van der Waals surface area contributed by atoms with E-state index >= 15 is 0 Å². The van der Waals surface area contributed by atoms with Gasteiger partial charge in [0.1, 0.15) is 0 Å². The van der Waals surface area contributed by atoms with E-state index in [1.165, 1.54) is 4.83 Å². The van der Waals surface area contributed by atoms with Crippen LogP contribution in [0.4, 0.5) is 5.69 Å². The van der Waals surface area contributed by atoms with Crippen LogP contribution in [0.2, 0.25) is 0 Å². The third kappa shape index (κ3) is 2.59. The summed E-state index contributed by atoms with van der Waals surface area (Å²) < 4.78 is 11.0. The Bertz CT molecular complexity index is 447. The highest BCUT2D eigenvalue weighted by molar-refractivity contribution is 7.25. The quantitative estimate of drug-likeness (QED) is 0.593. The lowest BCUT2D eigenvalue weighted by Crippen LogP contribution is -2.15. The van der Waals surface area contributed by atoms with Crippen LogP contribution in [0.3, 0.4) is 0 Å². The zero-order valence-electron chi connectivity index (χ0n) is 8.48. The monoisotopic (exact) mass is 231 g/mol. The fourth-order valence-corrected chi connectivity index (χ4v) is 1.61. The summed E-state index contributed by atoms with van der Waals surface area (Å²) in [4.78, 5) is 6.75. The molecule has 16 heavy (non-hydrogen) atoms. The number of nitrogens with zero attached hydrogens (tertiary/aromatic N) is 1. The maximum Gasteiger partial charge on any atom is 0.318 e. The van der Waals surface area contributed by atoms with Gasteiger partial charge in [-0.3, -0.25) is 0 Å². The second-order valence-corrected chi connectivity index (χ2v) is 3.62. The van der Waals surface area contributed by atoms with Gasteiger partial charge in [0.25, 0.3) is 0 Å². The molecular weight excluding hydrogens is 221 g/mol. The lowest BCUT2D eigenvalue weighted by atomic mass is 10.3. The average molecular weight is 231 g/mol. The van der Waals surface area contributed by atoms with Crippen LogP contribution < -0.4 is 9.67 Å². The molecule has 0 unspecified atom stereocenters. The zero-order valence-corrected chi connectivity index (χ0v) is 9.38. The van der Waals surface area contributed by atoms with Crippen molar-refractivity contribution < 1.29 is 9.40 Å². The first-order valence-corrected chi connectivity index (χ1v) is 5.58. The van der Waals surface area contributed by atoms with E-state index in [0.717, 1.165) is 5.69 Å². The molecule has 0 aliphatic heterocycles. The average Bonchev–Trinajstić information content (AvgIpc) is 2.38. The third-order valence-electron chi connectivity index (χ3n) is 1.99. The van der Waals surface area contributed by atoms with E-state index in [4.69, 9.17) is 4.84 Å². The number of rotatable bonds is 4. The Morgan fingerprint density at radius 2 is 1.44 bits per heavy atom. The van der Waals surface area contributed by atoms with Gasteiger partial charge in [-0.1, -0.05) is 36.4 Å². The van der Waals surface area contributed by atoms with Gasteiger partial charge in [-0.15, -0.1) is 4.83 Å². The molecule has 3 nitrogen and oxygen atoms in total. The summed E-state index contributed by atoms with van der Waals surface area (Å²) in [7, 11) is -0.204. The van der Waals surface area contributed by atoms with E-state index in [9.17, 15) is 4.57 Å². The van der Waals surface area contributed by atoms with Gasteiger partial charge in [0.15, 0.2) is 5.75 Å². The van der Waals surface area contributed by atoms with Crippen LogP contribution in [0, 0.1) is 0 Å². The molecule has 0 saturated heterocycles. The lowest BCUT2D eigenvalue weighted by Gasteiger charge is -2.15. The molecule has 0 bridgehead atoms. The highest BCUT2D eigenvalue weighted by atomic mass is 31.1. The van der Waals surface area contributed by atoms with Crippen LogP contribution in [0.25, 0.3) is 0 Å². The first-order chi connectivity index (χ1) is 7.90. The number of hydrogen-bond donors (Lipinski definition) is 0. The van der Waals surface area contributed by atoms with Crippen molar-refractivity contribution in [2.24, 2.45) is 0 Å². The minimum Gasteiger partial charge on any atom is -0.369 e. The molecule has 0 atom stereocenters. The second kappa shape index (κ2) is 5.29. The Kier molecular flexibility index (Phi) is 3.52. The normalized spacial score (nSPS) is 10.0. The van der Waals surface area contributed by atoms with Crippen LogP contribution in [-0.4, -0.2) is 0 Å². The molecule has 0 N–H and O–H groups in total. The summed E-state index contributed by atoms with van der Waals surface area (Å²) in [6.07, 6.45) is 0. The summed E-state index contributed by atoms with van der Waals surface area (Å²) in [5.74, 6) is 0.648. The first kappa shape index (κ1) is 10.7. The SMILES string of the molecule is O=PN(Oc1ccccc1)c1ccccc1. The maximum absolute atomic E-state index is 11.0. The van der Waals surface area contributed by atoms with E-state index in [2.05, 4.69) is 0 Å².